The number of nitrogens with one attached hydrogen (secondary N) is 2. The number of carbonyl (C=O) groups excluding carboxylic acids is 2. The van der Waals surface area contributed by atoms with E-state index < -0.39 is 0 Å². The Bertz CT molecular complexity index is 871. The molecule has 2 heterocycles. The lowest BCUT2D eigenvalue weighted by atomic mass is 10.0. The zero-order valence-corrected chi connectivity index (χ0v) is 18.0. The summed E-state index contributed by atoms with van der Waals surface area (Å²) in [4.78, 5) is 28.2. The van der Waals surface area contributed by atoms with Gasteiger partial charge in [0.15, 0.2) is 0 Å². The van der Waals surface area contributed by atoms with Crippen LogP contribution in [-0.4, -0.2) is 48.9 Å². The molecule has 0 aliphatic carbocycles. The molecule has 3 rings (SSSR count). The quantitative estimate of drug-likeness (QED) is 0.630. The van der Waals surface area contributed by atoms with E-state index in [1.54, 1.807) is 35.6 Å². The third kappa shape index (κ3) is 6.78. The summed E-state index contributed by atoms with van der Waals surface area (Å²) in [5.74, 6) is -0.290. The van der Waals surface area contributed by atoms with Gasteiger partial charge in [-0.1, -0.05) is 19.1 Å². The minimum Gasteiger partial charge on any atom is -0.355 e. The normalized spacial score (nSPS) is 15.4. The molecule has 1 aliphatic heterocycles. The maximum atomic E-state index is 13.1. The maximum absolute atomic E-state index is 13.1. The number of piperidine rings is 1. The van der Waals surface area contributed by atoms with Gasteiger partial charge < -0.3 is 10.6 Å². The molecule has 1 aromatic carbocycles. The van der Waals surface area contributed by atoms with E-state index in [0.717, 1.165) is 47.7 Å². The van der Waals surface area contributed by atoms with E-state index in [0.29, 0.717) is 13.1 Å². The second-order valence-electron chi connectivity index (χ2n) is 7.45. The van der Waals surface area contributed by atoms with Crippen LogP contribution in [0.5, 0.6) is 0 Å². The number of carbonyl (C=O) groups is 2. The second kappa shape index (κ2) is 11.0. The Labute approximate surface area is 181 Å². The van der Waals surface area contributed by atoms with Gasteiger partial charge in [0.05, 0.1) is 6.54 Å². The summed E-state index contributed by atoms with van der Waals surface area (Å²) in [6.45, 7) is 4.79. The number of halogens is 1. The zero-order valence-electron chi connectivity index (χ0n) is 17.2. The first kappa shape index (κ1) is 22.2. The molecular formula is C23H28FN3O2S. The number of rotatable bonds is 8. The Morgan fingerprint density at radius 3 is 2.60 bits per heavy atom. The molecule has 0 radical (unpaired) electrons. The summed E-state index contributed by atoms with van der Waals surface area (Å²) in [6.07, 6.45) is 5.99. The predicted octanol–water partition coefficient (Wildman–Crippen LogP) is 3.67. The van der Waals surface area contributed by atoms with Crippen LogP contribution in [0.1, 0.15) is 31.1 Å². The molecule has 1 aromatic heterocycles. The minimum atomic E-state index is -0.252. The van der Waals surface area contributed by atoms with Gasteiger partial charge in [-0.15, -0.1) is 11.3 Å². The van der Waals surface area contributed by atoms with Crippen molar-refractivity contribution in [1.29, 1.82) is 0 Å². The molecule has 30 heavy (non-hydrogen) atoms. The first-order valence-electron chi connectivity index (χ1n) is 10.4. The number of nitrogens with zero attached hydrogens (tertiary/aromatic N) is 1. The maximum Gasteiger partial charge on any atom is 0.244 e. The summed E-state index contributed by atoms with van der Waals surface area (Å²) in [5, 5.41) is 5.95. The number of thiophene rings is 1. The van der Waals surface area contributed by atoms with Crippen LogP contribution >= 0.6 is 11.3 Å². The van der Waals surface area contributed by atoms with E-state index in [9.17, 15) is 14.0 Å². The topological polar surface area (TPSA) is 61.4 Å². The highest BCUT2D eigenvalue weighted by atomic mass is 32.1. The molecule has 1 aliphatic rings. The summed E-state index contributed by atoms with van der Waals surface area (Å²) < 4.78 is 13.1. The van der Waals surface area contributed by atoms with Gasteiger partial charge in [-0.2, -0.15) is 0 Å². The van der Waals surface area contributed by atoms with E-state index in [1.807, 2.05) is 19.1 Å². The molecule has 1 saturated heterocycles. The van der Waals surface area contributed by atoms with Gasteiger partial charge in [-0.25, -0.2) is 4.39 Å². The van der Waals surface area contributed by atoms with E-state index in [1.165, 1.54) is 12.1 Å². The fraction of sp³-hybridized carbons (Fsp3) is 0.391. The summed E-state index contributed by atoms with van der Waals surface area (Å²) >= 11 is 1.56. The summed E-state index contributed by atoms with van der Waals surface area (Å²) in [5.41, 5.74) is 0.959. The molecule has 0 saturated carbocycles. The van der Waals surface area contributed by atoms with Gasteiger partial charge in [0.1, 0.15) is 5.82 Å². The average molecular weight is 430 g/mol. The van der Waals surface area contributed by atoms with Crippen molar-refractivity contribution in [3.05, 3.63) is 53.2 Å². The summed E-state index contributed by atoms with van der Waals surface area (Å²) in [7, 11) is 0. The Balaban J connectivity index is 1.42. The van der Waals surface area contributed by atoms with Crippen molar-refractivity contribution < 1.29 is 14.0 Å². The number of amides is 2. The van der Waals surface area contributed by atoms with Gasteiger partial charge in [-0.3, -0.25) is 14.5 Å². The molecule has 2 N–H and O–H groups in total. The van der Waals surface area contributed by atoms with Gasteiger partial charge in [-0.05, 0) is 55.2 Å². The number of benzene rings is 1. The van der Waals surface area contributed by atoms with E-state index in [-0.39, 0.29) is 23.7 Å². The highest BCUT2D eigenvalue weighted by Gasteiger charge is 2.21. The lowest BCUT2D eigenvalue weighted by molar-refractivity contribution is -0.123. The standard InChI is InChI=1S/C23H28FN3O2S/c1-2-13-25-23(29)16-27-14-11-19(12-15-27)26-22(28)10-8-20-7-9-21(30-20)17-3-5-18(24)6-4-17/h3-10,19H,2,11-16H2,1H3,(H,25,29)(H,26,28)/b10-8+. The van der Waals surface area contributed by atoms with Crippen molar-refractivity contribution in [2.75, 3.05) is 26.2 Å². The van der Waals surface area contributed by atoms with Crippen molar-refractivity contribution in [2.45, 2.75) is 32.2 Å². The Hall–Kier alpha value is -2.51. The van der Waals surface area contributed by atoms with Gasteiger partial charge in [0.25, 0.3) is 0 Å². The van der Waals surface area contributed by atoms with Crippen molar-refractivity contribution >= 4 is 29.2 Å². The van der Waals surface area contributed by atoms with Crippen LogP contribution in [0.3, 0.4) is 0 Å². The minimum absolute atomic E-state index is 0.0678. The summed E-state index contributed by atoms with van der Waals surface area (Å²) in [6, 6.07) is 10.5. The largest absolute Gasteiger partial charge is 0.355 e. The van der Waals surface area contributed by atoms with Gasteiger partial charge in [0.2, 0.25) is 11.8 Å². The highest BCUT2D eigenvalue weighted by molar-refractivity contribution is 7.16. The number of hydrogen-bond donors (Lipinski definition) is 2. The Kier molecular flexibility index (Phi) is 8.16. The van der Waals surface area contributed by atoms with Crippen LogP contribution in [0.15, 0.2) is 42.5 Å². The molecule has 160 valence electrons. The third-order valence-corrected chi connectivity index (χ3v) is 6.13. The van der Waals surface area contributed by atoms with Crippen LogP contribution in [0.4, 0.5) is 4.39 Å². The Morgan fingerprint density at radius 2 is 1.90 bits per heavy atom. The van der Waals surface area contributed by atoms with Gasteiger partial charge in [0, 0.05) is 41.5 Å². The zero-order chi connectivity index (χ0) is 21.3. The lowest BCUT2D eigenvalue weighted by Gasteiger charge is -2.31. The van der Waals surface area contributed by atoms with Crippen LogP contribution in [0.2, 0.25) is 0 Å². The molecule has 1 fully saturated rings. The van der Waals surface area contributed by atoms with Crippen LogP contribution < -0.4 is 10.6 Å². The third-order valence-electron chi connectivity index (χ3n) is 5.03. The van der Waals surface area contributed by atoms with Crippen molar-refractivity contribution in [3.8, 4) is 10.4 Å². The van der Waals surface area contributed by atoms with Crippen LogP contribution in [0, 0.1) is 5.82 Å². The Morgan fingerprint density at radius 1 is 1.17 bits per heavy atom. The molecule has 0 spiro atoms. The first-order valence-corrected chi connectivity index (χ1v) is 11.2. The van der Waals surface area contributed by atoms with Crippen molar-refractivity contribution in [2.24, 2.45) is 0 Å². The van der Waals surface area contributed by atoms with E-state index in [4.69, 9.17) is 0 Å². The van der Waals surface area contributed by atoms with E-state index in [2.05, 4.69) is 15.5 Å². The fourth-order valence-corrected chi connectivity index (χ4v) is 4.29. The fourth-order valence-electron chi connectivity index (χ4n) is 3.38. The van der Waals surface area contributed by atoms with Crippen LogP contribution in [-0.2, 0) is 9.59 Å². The first-order chi connectivity index (χ1) is 14.5. The molecule has 5 nitrogen and oxygen atoms in total. The number of hydrogen-bond acceptors (Lipinski definition) is 4. The molecule has 2 aromatic rings. The smallest absolute Gasteiger partial charge is 0.244 e. The highest BCUT2D eigenvalue weighted by Crippen LogP contribution is 2.28. The van der Waals surface area contributed by atoms with Crippen LogP contribution in [0.25, 0.3) is 16.5 Å². The van der Waals surface area contributed by atoms with Crippen molar-refractivity contribution in [3.63, 3.8) is 0 Å². The SMILES string of the molecule is CCCNC(=O)CN1CCC(NC(=O)/C=C/c2ccc(-c3ccc(F)cc3)s2)CC1. The molecule has 0 atom stereocenters. The monoisotopic (exact) mass is 429 g/mol. The number of likely N-dealkylation sites (tertiary alicyclic amines) is 1. The molecule has 2 amide bonds. The van der Waals surface area contributed by atoms with Gasteiger partial charge >= 0.3 is 0 Å². The second-order valence-corrected chi connectivity index (χ2v) is 8.57. The predicted molar refractivity (Wildman–Crippen MR) is 120 cm³/mol. The molecular weight excluding hydrogens is 401 g/mol. The molecule has 0 bridgehead atoms. The van der Waals surface area contributed by atoms with Crippen molar-refractivity contribution in [1.82, 2.24) is 15.5 Å². The molecule has 7 heteroatoms. The molecule has 0 unspecified atom stereocenters. The lowest BCUT2D eigenvalue weighted by Crippen LogP contribution is -2.47. The average Bonchev–Trinajstić information content (AvgIpc) is 3.22. The van der Waals surface area contributed by atoms with E-state index >= 15 is 0 Å².